The second kappa shape index (κ2) is 8.99. The Balaban J connectivity index is 1.38. The average molecular weight is 357 g/mol. The molecule has 25 heavy (non-hydrogen) atoms. The summed E-state index contributed by atoms with van der Waals surface area (Å²) in [5.41, 5.74) is 3.92. The van der Waals surface area contributed by atoms with Crippen LogP contribution in [0.5, 0.6) is 0 Å². The molecule has 2 N–H and O–H groups in total. The van der Waals surface area contributed by atoms with Crippen LogP contribution in [0.4, 0.5) is 0 Å². The standard InChI is InChI=1S/C20H28N4S/c1-15-9-11-16(12-10-15)14-23-20(21-2)22-13-5-8-19-24-17-6-3-4-7-18(17)25-19/h9-12H,3-8,13-14H2,1-2H3,(H2,21,22,23). The Hall–Kier alpha value is -1.88. The lowest BCUT2D eigenvalue weighted by atomic mass is 10.0. The Kier molecular flexibility index (Phi) is 6.45. The molecule has 3 rings (SSSR count). The fourth-order valence-corrected chi connectivity index (χ4v) is 4.27. The molecule has 0 radical (unpaired) electrons. The minimum atomic E-state index is 0.791. The molecular formula is C20H28N4S. The maximum absolute atomic E-state index is 4.82. The van der Waals surface area contributed by atoms with Crippen LogP contribution in [0.3, 0.4) is 0 Å². The third-order valence-corrected chi connectivity index (χ3v) is 5.77. The molecule has 0 atom stereocenters. The van der Waals surface area contributed by atoms with Gasteiger partial charge in [-0.15, -0.1) is 11.3 Å². The molecule has 1 aromatic heterocycles. The average Bonchev–Trinajstić information content (AvgIpc) is 3.05. The third-order valence-electron chi connectivity index (χ3n) is 4.55. The molecular weight excluding hydrogens is 328 g/mol. The van der Waals surface area contributed by atoms with Crippen LogP contribution < -0.4 is 10.6 Å². The molecule has 0 spiro atoms. The number of aliphatic imine (C=N–C) groups is 1. The van der Waals surface area contributed by atoms with Crippen LogP contribution in [0, 0.1) is 6.92 Å². The zero-order valence-corrected chi connectivity index (χ0v) is 16.1. The predicted octanol–water partition coefficient (Wildman–Crippen LogP) is 3.63. The van der Waals surface area contributed by atoms with Crippen molar-refractivity contribution in [3.05, 3.63) is 51.0 Å². The molecule has 4 nitrogen and oxygen atoms in total. The number of aromatic nitrogens is 1. The number of rotatable bonds is 6. The van der Waals surface area contributed by atoms with E-state index in [2.05, 4.69) is 46.8 Å². The minimum Gasteiger partial charge on any atom is -0.356 e. The van der Waals surface area contributed by atoms with Crippen LogP contribution in [-0.4, -0.2) is 24.5 Å². The molecule has 1 aromatic carbocycles. The second-order valence-electron chi connectivity index (χ2n) is 6.63. The van der Waals surface area contributed by atoms with Crippen LogP contribution in [0.15, 0.2) is 29.3 Å². The van der Waals surface area contributed by atoms with Gasteiger partial charge >= 0.3 is 0 Å². The van der Waals surface area contributed by atoms with Gasteiger partial charge in [-0.2, -0.15) is 0 Å². The lowest BCUT2D eigenvalue weighted by Crippen LogP contribution is -2.37. The van der Waals surface area contributed by atoms with Gasteiger partial charge in [-0.25, -0.2) is 4.98 Å². The van der Waals surface area contributed by atoms with Gasteiger partial charge in [-0.3, -0.25) is 4.99 Å². The fraction of sp³-hybridized carbons (Fsp3) is 0.500. The van der Waals surface area contributed by atoms with Crippen LogP contribution in [0.25, 0.3) is 0 Å². The van der Waals surface area contributed by atoms with Crippen LogP contribution in [0.2, 0.25) is 0 Å². The molecule has 134 valence electrons. The Labute approximate surface area is 154 Å². The quantitative estimate of drug-likeness (QED) is 0.472. The van der Waals surface area contributed by atoms with Crippen molar-refractivity contribution in [1.29, 1.82) is 0 Å². The Morgan fingerprint density at radius 1 is 1.16 bits per heavy atom. The van der Waals surface area contributed by atoms with Crippen LogP contribution in [-0.2, 0) is 25.8 Å². The SMILES string of the molecule is CN=C(NCCCc1nc2c(s1)CCCC2)NCc1ccc(C)cc1. The van der Waals surface area contributed by atoms with Crippen molar-refractivity contribution in [2.45, 2.75) is 52.0 Å². The Morgan fingerprint density at radius 3 is 2.72 bits per heavy atom. The molecule has 0 unspecified atom stereocenters. The summed E-state index contributed by atoms with van der Waals surface area (Å²) in [6, 6.07) is 8.58. The van der Waals surface area contributed by atoms with Crippen molar-refractivity contribution >= 4 is 17.3 Å². The number of aryl methyl sites for hydroxylation is 4. The monoisotopic (exact) mass is 356 g/mol. The summed E-state index contributed by atoms with van der Waals surface area (Å²) in [6.07, 6.45) is 7.19. The van der Waals surface area contributed by atoms with E-state index in [1.807, 2.05) is 18.4 Å². The van der Waals surface area contributed by atoms with Gasteiger partial charge in [0.15, 0.2) is 5.96 Å². The molecule has 0 bridgehead atoms. The first-order valence-electron chi connectivity index (χ1n) is 9.22. The normalized spacial score (nSPS) is 14.2. The number of hydrogen-bond donors (Lipinski definition) is 2. The minimum absolute atomic E-state index is 0.791. The molecule has 2 aromatic rings. The van der Waals surface area contributed by atoms with E-state index in [4.69, 9.17) is 4.98 Å². The molecule has 0 saturated heterocycles. The highest BCUT2D eigenvalue weighted by atomic mass is 32.1. The summed E-state index contributed by atoms with van der Waals surface area (Å²) in [4.78, 5) is 10.6. The molecule has 0 amide bonds. The first-order valence-corrected chi connectivity index (χ1v) is 10.0. The summed E-state index contributed by atoms with van der Waals surface area (Å²) in [6.45, 7) is 3.81. The largest absolute Gasteiger partial charge is 0.356 e. The first kappa shape index (κ1) is 17.9. The first-order chi connectivity index (χ1) is 12.2. The van der Waals surface area contributed by atoms with Crippen molar-refractivity contribution in [2.75, 3.05) is 13.6 Å². The molecule has 1 heterocycles. The van der Waals surface area contributed by atoms with Crippen molar-refractivity contribution in [1.82, 2.24) is 15.6 Å². The summed E-state index contributed by atoms with van der Waals surface area (Å²) in [7, 11) is 1.82. The summed E-state index contributed by atoms with van der Waals surface area (Å²) in [5.74, 6) is 0.860. The lowest BCUT2D eigenvalue weighted by molar-refractivity contribution is 0.678. The van der Waals surface area contributed by atoms with Crippen LogP contribution in [0.1, 0.15) is 46.0 Å². The smallest absolute Gasteiger partial charge is 0.191 e. The van der Waals surface area contributed by atoms with E-state index in [9.17, 15) is 0 Å². The maximum atomic E-state index is 4.82. The van der Waals surface area contributed by atoms with Gasteiger partial charge in [0.05, 0.1) is 10.7 Å². The topological polar surface area (TPSA) is 49.3 Å². The molecule has 1 aliphatic rings. The van der Waals surface area contributed by atoms with E-state index >= 15 is 0 Å². The van der Waals surface area contributed by atoms with E-state index in [0.717, 1.165) is 31.9 Å². The van der Waals surface area contributed by atoms with E-state index in [-0.39, 0.29) is 0 Å². The fourth-order valence-electron chi connectivity index (χ4n) is 3.07. The van der Waals surface area contributed by atoms with Gasteiger partial charge in [-0.1, -0.05) is 29.8 Å². The second-order valence-corrected chi connectivity index (χ2v) is 7.79. The Bertz CT molecular complexity index is 679. The molecule has 0 fully saturated rings. The van der Waals surface area contributed by atoms with Crippen molar-refractivity contribution in [3.63, 3.8) is 0 Å². The molecule has 0 saturated carbocycles. The third kappa shape index (κ3) is 5.30. The molecule has 5 heteroatoms. The lowest BCUT2D eigenvalue weighted by Gasteiger charge is -2.11. The van der Waals surface area contributed by atoms with Gasteiger partial charge in [-0.05, 0) is 44.6 Å². The van der Waals surface area contributed by atoms with E-state index < -0.39 is 0 Å². The number of hydrogen-bond acceptors (Lipinski definition) is 3. The van der Waals surface area contributed by atoms with Gasteiger partial charge in [0.25, 0.3) is 0 Å². The van der Waals surface area contributed by atoms with E-state index in [1.165, 1.54) is 52.4 Å². The highest BCUT2D eigenvalue weighted by Crippen LogP contribution is 2.27. The number of fused-ring (bicyclic) bond motifs is 1. The number of benzene rings is 1. The summed E-state index contributed by atoms with van der Waals surface area (Å²) < 4.78 is 0. The predicted molar refractivity (Wildman–Crippen MR) is 106 cm³/mol. The van der Waals surface area contributed by atoms with Gasteiger partial charge < -0.3 is 10.6 Å². The highest BCUT2D eigenvalue weighted by molar-refractivity contribution is 7.11. The van der Waals surface area contributed by atoms with Gasteiger partial charge in [0.2, 0.25) is 0 Å². The van der Waals surface area contributed by atoms with Crippen LogP contribution >= 0.6 is 11.3 Å². The molecule has 0 aliphatic heterocycles. The Morgan fingerprint density at radius 2 is 1.96 bits per heavy atom. The number of guanidine groups is 1. The van der Waals surface area contributed by atoms with Crippen molar-refractivity contribution in [3.8, 4) is 0 Å². The number of nitrogens with one attached hydrogen (secondary N) is 2. The number of thiazole rings is 1. The summed E-state index contributed by atoms with van der Waals surface area (Å²) >= 11 is 1.92. The highest BCUT2D eigenvalue weighted by Gasteiger charge is 2.14. The van der Waals surface area contributed by atoms with Gasteiger partial charge in [0.1, 0.15) is 0 Å². The maximum Gasteiger partial charge on any atom is 0.191 e. The van der Waals surface area contributed by atoms with Gasteiger partial charge in [0, 0.05) is 31.4 Å². The zero-order valence-electron chi connectivity index (χ0n) is 15.3. The number of nitrogens with zero attached hydrogens (tertiary/aromatic N) is 2. The molecule has 1 aliphatic carbocycles. The van der Waals surface area contributed by atoms with E-state index in [1.54, 1.807) is 0 Å². The zero-order chi connectivity index (χ0) is 17.5. The van der Waals surface area contributed by atoms with Crippen molar-refractivity contribution in [2.24, 2.45) is 4.99 Å². The summed E-state index contributed by atoms with van der Waals surface area (Å²) in [5, 5.41) is 8.07. The van der Waals surface area contributed by atoms with E-state index in [0.29, 0.717) is 0 Å². The van der Waals surface area contributed by atoms with Crippen molar-refractivity contribution < 1.29 is 0 Å².